The third-order valence-corrected chi connectivity index (χ3v) is 12.9. The summed E-state index contributed by atoms with van der Waals surface area (Å²) in [4.78, 5) is 0.152. The van der Waals surface area contributed by atoms with E-state index in [4.69, 9.17) is 33.0 Å². The number of ether oxygens (including phenoxy) is 5. The molecule has 0 radical (unpaired) electrons. The summed E-state index contributed by atoms with van der Waals surface area (Å²) in [5.41, 5.74) is 3.55. The zero-order valence-electron chi connectivity index (χ0n) is 33.6. The number of hydrogen-bond donors (Lipinski definition) is 0. The summed E-state index contributed by atoms with van der Waals surface area (Å²) in [5, 5.41) is 0. The highest BCUT2D eigenvalue weighted by Gasteiger charge is 2.52. The van der Waals surface area contributed by atoms with Gasteiger partial charge in [0.1, 0.15) is 30.5 Å². The molecule has 7 rings (SSSR count). The van der Waals surface area contributed by atoms with E-state index in [1.165, 1.54) is 0 Å². The fraction of sp³-hybridized carbons (Fsp3) is 0.362. The molecule has 2 unspecified atom stereocenters. The second-order valence-corrected chi connectivity index (χ2v) is 18.0. The Morgan fingerprint density at radius 3 is 1.36 bits per heavy atom. The zero-order valence-corrected chi connectivity index (χ0v) is 34.5. The van der Waals surface area contributed by atoms with Gasteiger partial charge in [-0.25, -0.2) is 8.42 Å². The van der Waals surface area contributed by atoms with Gasteiger partial charge < -0.3 is 33.0 Å². The van der Waals surface area contributed by atoms with Gasteiger partial charge in [-0.3, -0.25) is 0 Å². The van der Waals surface area contributed by atoms with E-state index in [-0.39, 0.29) is 37.1 Å². The fourth-order valence-corrected chi connectivity index (χ4v) is 8.59. The highest BCUT2D eigenvalue weighted by molar-refractivity contribution is 7.91. The largest absolute Gasteiger partial charge is 0.494 e. The Morgan fingerprint density at radius 1 is 0.517 bits per heavy atom. The van der Waals surface area contributed by atoms with Gasteiger partial charge in [-0.05, 0) is 67.5 Å². The van der Waals surface area contributed by atoms with Crippen LogP contribution in [0, 0.1) is 0 Å². The Bertz CT molecular complexity index is 2100. The zero-order chi connectivity index (χ0) is 40.6. The predicted octanol–water partition coefficient (Wildman–Crippen LogP) is 7.50. The fourth-order valence-electron chi connectivity index (χ4n) is 7.14. The van der Waals surface area contributed by atoms with E-state index < -0.39 is 58.7 Å². The Morgan fingerprint density at radius 2 is 0.914 bits per heavy atom. The normalized spacial score (nSPS) is 22.8. The molecule has 2 aliphatic rings. The maximum atomic E-state index is 14.4. The van der Waals surface area contributed by atoms with Gasteiger partial charge in [0, 0.05) is 0 Å². The first kappa shape index (κ1) is 42.0. The van der Waals surface area contributed by atoms with Gasteiger partial charge in [-0.15, -0.1) is 0 Å². The highest BCUT2D eigenvalue weighted by atomic mass is 32.2. The first-order chi connectivity index (χ1) is 28.0. The molecule has 2 aliphatic heterocycles. The number of hydrogen-bond acceptors (Lipinski definition) is 9. The summed E-state index contributed by atoms with van der Waals surface area (Å²) in [5.74, 6) is -0.367. The molecular formula is C47H53BO9S. The van der Waals surface area contributed by atoms with Crippen molar-refractivity contribution in [3.8, 4) is 0 Å². The average Bonchev–Trinajstić information content (AvgIpc) is 3.46. The van der Waals surface area contributed by atoms with E-state index in [0.29, 0.717) is 6.61 Å². The topological polar surface area (TPSA) is 98.8 Å². The molecule has 0 spiro atoms. The monoisotopic (exact) mass is 804 g/mol. The van der Waals surface area contributed by atoms with Crippen molar-refractivity contribution in [2.45, 2.75) is 101 Å². The van der Waals surface area contributed by atoms with Gasteiger partial charge in [0.05, 0.1) is 54.9 Å². The average molecular weight is 805 g/mol. The van der Waals surface area contributed by atoms with E-state index >= 15 is 0 Å². The quantitative estimate of drug-likeness (QED) is 0.0886. The maximum Gasteiger partial charge on any atom is 0.494 e. The molecule has 0 amide bonds. The van der Waals surface area contributed by atoms with E-state index in [9.17, 15) is 8.42 Å². The molecule has 58 heavy (non-hydrogen) atoms. The molecule has 0 aliphatic carbocycles. The van der Waals surface area contributed by atoms with E-state index in [1.807, 2.05) is 149 Å². The lowest BCUT2D eigenvalue weighted by molar-refractivity contribution is -0.268. The molecule has 2 heterocycles. The minimum atomic E-state index is -3.94. The number of sulfone groups is 1. The van der Waals surface area contributed by atoms with Gasteiger partial charge >= 0.3 is 7.12 Å². The summed E-state index contributed by atoms with van der Waals surface area (Å²) in [7, 11) is -4.56. The molecule has 304 valence electrons. The Labute approximate surface area is 343 Å². The third-order valence-electron chi connectivity index (χ3n) is 11.1. The number of rotatable bonds is 17. The van der Waals surface area contributed by atoms with Crippen LogP contribution < -0.4 is 5.46 Å². The second kappa shape index (κ2) is 18.8. The van der Waals surface area contributed by atoms with Crippen LogP contribution in [0.1, 0.15) is 49.9 Å². The van der Waals surface area contributed by atoms with Crippen LogP contribution in [0.3, 0.4) is 0 Å². The van der Waals surface area contributed by atoms with Gasteiger partial charge in [0.25, 0.3) is 0 Å². The van der Waals surface area contributed by atoms with Crippen molar-refractivity contribution in [3.63, 3.8) is 0 Å². The van der Waals surface area contributed by atoms with Crippen molar-refractivity contribution in [1.82, 2.24) is 0 Å². The lowest BCUT2D eigenvalue weighted by Crippen LogP contribution is -2.62. The van der Waals surface area contributed by atoms with Crippen LogP contribution in [0.2, 0.25) is 0 Å². The SMILES string of the molecule is CC1(C)OB(c2ccc(S(=O)(=O)C[C@@H]3OC(COCc4ccccc4)[C@@H](OCc4ccccc4)[C@@H](OCc4ccccc4)C3OCc3ccccc3)cc2)OC1(C)C. The van der Waals surface area contributed by atoms with Crippen LogP contribution in [0.5, 0.6) is 0 Å². The molecule has 2 fully saturated rings. The Balaban J connectivity index is 1.20. The van der Waals surface area contributed by atoms with Crippen LogP contribution >= 0.6 is 0 Å². The van der Waals surface area contributed by atoms with E-state index in [1.54, 1.807) is 24.3 Å². The van der Waals surface area contributed by atoms with E-state index in [0.717, 1.165) is 27.7 Å². The van der Waals surface area contributed by atoms with Crippen LogP contribution in [0.4, 0.5) is 0 Å². The van der Waals surface area contributed by atoms with Gasteiger partial charge in [-0.1, -0.05) is 133 Å². The third kappa shape index (κ3) is 10.5. The second-order valence-electron chi connectivity index (χ2n) is 15.9. The van der Waals surface area contributed by atoms with Crippen molar-refractivity contribution in [3.05, 3.63) is 168 Å². The van der Waals surface area contributed by atoms with Gasteiger partial charge in [0.15, 0.2) is 9.84 Å². The van der Waals surface area contributed by atoms with Gasteiger partial charge in [-0.2, -0.15) is 0 Å². The van der Waals surface area contributed by atoms with Gasteiger partial charge in [0.2, 0.25) is 0 Å². The van der Waals surface area contributed by atoms with Crippen LogP contribution in [-0.4, -0.2) is 69.6 Å². The molecule has 9 nitrogen and oxygen atoms in total. The lowest BCUT2D eigenvalue weighted by atomic mass is 9.79. The lowest BCUT2D eigenvalue weighted by Gasteiger charge is -2.46. The molecule has 0 bridgehead atoms. The highest BCUT2D eigenvalue weighted by Crippen LogP contribution is 2.37. The molecule has 2 saturated heterocycles. The maximum absolute atomic E-state index is 14.4. The van der Waals surface area contributed by atoms with Crippen molar-refractivity contribution >= 4 is 22.4 Å². The predicted molar refractivity (Wildman–Crippen MR) is 224 cm³/mol. The van der Waals surface area contributed by atoms with Crippen molar-refractivity contribution in [2.75, 3.05) is 12.4 Å². The molecule has 5 aromatic carbocycles. The van der Waals surface area contributed by atoms with Crippen molar-refractivity contribution < 1.29 is 41.4 Å². The van der Waals surface area contributed by atoms with Crippen LogP contribution in [-0.2, 0) is 69.3 Å². The summed E-state index contributed by atoms with van der Waals surface area (Å²) in [6.07, 6.45) is -3.90. The first-order valence-corrected chi connectivity index (χ1v) is 21.5. The van der Waals surface area contributed by atoms with Crippen molar-refractivity contribution in [1.29, 1.82) is 0 Å². The first-order valence-electron chi connectivity index (χ1n) is 19.9. The summed E-state index contributed by atoms with van der Waals surface area (Å²) >= 11 is 0. The molecule has 0 saturated carbocycles. The molecule has 0 N–H and O–H groups in total. The smallest absolute Gasteiger partial charge is 0.399 e. The van der Waals surface area contributed by atoms with Crippen LogP contribution in [0.15, 0.2) is 150 Å². The Hall–Kier alpha value is -4.17. The minimum absolute atomic E-state index is 0.129. The summed E-state index contributed by atoms with van der Waals surface area (Å²) in [6, 6.07) is 46.1. The standard InChI is InChI=1S/C47H53BO9S/c1-46(2)47(3,4)57-48(56-46)39-25-27-40(28-26-39)58(49,50)34-42-44(53-31-37-21-13-7-14-22-37)45(54-32-38-23-15-8-16-24-38)43(52-30-36-19-11-6-12-20-36)41(55-42)33-51-29-35-17-9-5-10-18-35/h5-28,41-45H,29-34H2,1-4H3/t41?,42-,43+,44?,45+/m0/s1. The van der Waals surface area contributed by atoms with Crippen LogP contribution in [0.25, 0.3) is 0 Å². The minimum Gasteiger partial charge on any atom is -0.399 e. The Kier molecular flexibility index (Phi) is 13.6. The molecule has 5 atom stereocenters. The molecule has 11 heteroatoms. The number of benzene rings is 5. The summed E-state index contributed by atoms with van der Waals surface area (Å²) in [6.45, 7) is 9.15. The molecule has 5 aromatic rings. The summed E-state index contributed by atoms with van der Waals surface area (Å²) < 4.78 is 74.8. The van der Waals surface area contributed by atoms with E-state index in [2.05, 4.69) is 0 Å². The molecule has 0 aromatic heterocycles. The van der Waals surface area contributed by atoms with Crippen molar-refractivity contribution in [2.24, 2.45) is 0 Å². The molecular weight excluding hydrogens is 751 g/mol.